The molecular formula is C38H30FN. The lowest BCUT2D eigenvalue weighted by Gasteiger charge is -2.27. The summed E-state index contributed by atoms with van der Waals surface area (Å²) in [5.74, 6) is -0.249. The average molecular weight is 520 g/mol. The Bertz CT molecular complexity index is 1900. The van der Waals surface area contributed by atoms with E-state index < -0.39 is 0 Å². The van der Waals surface area contributed by atoms with Crippen molar-refractivity contribution in [3.63, 3.8) is 0 Å². The van der Waals surface area contributed by atoms with Crippen molar-refractivity contribution in [2.45, 2.75) is 26.2 Å². The number of para-hydroxylation sites is 2. The molecule has 0 bridgehead atoms. The first-order chi connectivity index (χ1) is 19.4. The van der Waals surface area contributed by atoms with Crippen molar-refractivity contribution in [2.24, 2.45) is 0 Å². The summed E-state index contributed by atoms with van der Waals surface area (Å²) in [6.45, 7) is 6.72. The van der Waals surface area contributed by atoms with Gasteiger partial charge in [0.1, 0.15) is 5.82 Å². The Hall–Kier alpha value is -4.69. The summed E-state index contributed by atoms with van der Waals surface area (Å²) in [6.07, 6.45) is 4.36. The zero-order valence-corrected chi connectivity index (χ0v) is 22.9. The monoisotopic (exact) mass is 519 g/mol. The van der Waals surface area contributed by atoms with Gasteiger partial charge in [0.2, 0.25) is 0 Å². The molecule has 0 heterocycles. The fourth-order valence-corrected chi connectivity index (χ4v) is 6.30. The molecule has 2 heteroatoms. The highest BCUT2D eigenvalue weighted by Crippen LogP contribution is 2.49. The van der Waals surface area contributed by atoms with E-state index in [-0.39, 0.29) is 11.2 Å². The number of hydrogen-bond acceptors (Lipinski definition) is 1. The maximum Gasteiger partial charge on any atom is 0.147 e. The summed E-state index contributed by atoms with van der Waals surface area (Å²) in [4.78, 5) is 1.99. The first-order valence-electron chi connectivity index (χ1n) is 13.8. The Labute approximate surface area is 234 Å². The largest absolute Gasteiger partial charge is 0.307 e. The standard InChI is InChI=1S/C38H30FN/c1-25-9-4-6-13-34(25)40(35-14-7-5-12-33(35)39)30-21-17-26(18-22-30)15-16-27-23-29-20-19-28-10-8-11-31-36(28)37(29)32(24-27)38(31,2)3/h4-24H,1-3H3/b16-15+. The van der Waals surface area contributed by atoms with Gasteiger partial charge in [-0.3, -0.25) is 0 Å². The molecule has 194 valence electrons. The Morgan fingerprint density at radius 3 is 2.05 bits per heavy atom. The first kappa shape index (κ1) is 24.4. The fraction of sp³-hybridized carbons (Fsp3) is 0.105. The predicted octanol–water partition coefficient (Wildman–Crippen LogP) is 10.7. The van der Waals surface area contributed by atoms with E-state index in [2.05, 4.69) is 106 Å². The molecule has 0 N–H and O–H groups in total. The Morgan fingerprint density at radius 2 is 1.27 bits per heavy atom. The van der Waals surface area contributed by atoms with Crippen LogP contribution in [-0.4, -0.2) is 0 Å². The van der Waals surface area contributed by atoms with E-state index in [1.54, 1.807) is 6.07 Å². The van der Waals surface area contributed by atoms with Crippen LogP contribution in [0, 0.1) is 12.7 Å². The number of aryl methyl sites for hydroxylation is 1. The molecule has 1 aliphatic rings. The summed E-state index contributed by atoms with van der Waals surface area (Å²) in [5.41, 5.74) is 8.56. The first-order valence-corrected chi connectivity index (χ1v) is 13.8. The van der Waals surface area contributed by atoms with E-state index in [9.17, 15) is 4.39 Å². The molecule has 7 rings (SSSR count). The second-order valence-electron chi connectivity index (χ2n) is 11.3. The van der Waals surface area contributed by atoms with E-state index >= 15 is 0 Å². The van der Waals surface area contributed by atoms with Gasteiger partial charge in [0.05, 0.1) is 5.69 Å². The number of anilines is 3. The summed E-state index contributed by atoms with van der Waals surface area (Å²) in [5, 5.41) is 5.40. The minimum absolute atomic E-state index is 0.0291. The molecule has 6 aromatic carbocycles. The van der Waals surface area contributed by atoms with Crippen molar-refractivity contribution < 1.29 is 4.39 Å². The van der Waals surface area contributed by atoms with Crippen molar-refractivity contribution >= 4 is 50.8 Å². The molecule has 0 radical (unpaired) electrons. The Kier molecular flexibility index (Phi) is 5.61. The van der Waals surface area contributed by atoms with E-state index in [4.69, 9.17) is 0 Å². The maximum atomic E-state index is 15.0. The SMILES string of the molecule is Cc1ccccc1N(c1ccc(/C=C/c2cc3c4c(ccc5cccc(c54)C3(C)C)c2)cc1)c1ccccc1F. The van der Waals surface area contributed by atoms with Gasteiger partial charge in [0.25, 0.3) is 0 Å². The number of hydrogen-bond donors (Lipinski definition) is 0. The third-order valence-electron chi connectivity index (χ3n) is 8.40. The van der Waals surface area contributed by atoms with Gasteiger partial charge in [0.15, 0.2) is 0 Å². The van der Waals surface area contributed by atoms with Crippen LogP contribution in [0.1, 0.15) is 41.7 Å². The molecule has 0 fully saturated rings. The second-order valence-corrected chi connectivity index (χ2v) is 11.3. The number of nitrogens with zero attached hydrogens (tertiary/aromatic N) is 1. The van der Waals surface area contributed by atoms with Gasteiger partial charge in [-0.1, -0.05) is 105 Å². The van der Waals surface area contributed by atoms with Gasteiger partial charge in [-0.15, -0.1) is 0 Å². The van der Waals surface area contributed by atoms with Crippen LogP contribution < -0.4 is 4.90 Å². The number of benzene rings is 6. The van der Waals surface area contributed by atoms with Crippen LogP contribution >= 0.6 is 0 Å². The van der Waals surface area contributed by atoms with Crippen LogP contribution in [0.3, 0.4) is 0 Å². The molecule has 0 saturated carbocycles. The van der Waals surface area contributed by atoms with Crippen molar-refractivity contribution in [1.82, 2.24) is 0 Å². The summed E-state index contributed by atoms with van der Waals surface area (Å²) >= 11 is 0. The quantitative estimate of drug-likeness (QED) is 0.162. The average Bonchev–Trinajstić information content (AvgIpc) is 3.21. The van der Waals surface area contributed by atoms with E-state index in [1.165, 1.54) is 44.3 Å². The molecule has 40 heavy (non-hydrogen) atoms. The van der Waals surface area contributed by atoms with Gasteiger partial charge in [-0.25, -0.2) is 4.39 Å². The molecule has 0 aromatic heterocycles. The highest BCUT2D eigenvalue weighted by molar-refractivity contribution is 6.15. The minimum atomic E-state index is -0.249. The van der Waals surface area contributed by atoms with Crippen LogP contribution in [0.25, 0.3) is 33.7 Å². The lowest BCUT2D eigenvalue weighted by molar-refractivity contribution is 0.629. The summed E-state index contributed by atoms with van der Waals surface area (Å²) < 4.78 is 15.0. The van der Waals surface area contributed by atoms with Crippen molar-refractivity contribution in [1.29, 1.82) is 0 Å². The molecule has 1 aliphatic carbocycles. The molecule has 0 saturated heterocycles. The fourth-order valence-electron chi connectivity index (χ4n) is 6.30. The minimum Gasteiger partial charge on any atom is -0.307 e. The summed E-state index contributed by atoms with van der Waals surface area (Å²) in [6, 6.07) is 39.2. The van der Waals surface area contributed by atoms with Gasteiger partial charge in [-0.2, -0.15) is 0 Å². The molecular weight excluding hydrogens is 489 g/mol. The van der Waals surface area contributed by atoms with Crippen LogP contribution in [0.2, 0.25) is 0 Å². The van der Waals surface area contributed by atoms with Crippen molar-refractivity contribution in [2.75, 3.05) is 4.90 Å². The van der Waals surface area contributed by atoms with Crippen LogP contribution in [0.15, 0.2) is 115 Å². The lowest BCUT2D eigenvalue weighted by atomic mass is 9.81. The third-order valence-corrected chi connectivity index (χ3v) is 8.40. The number of halogens is 1. The summed E-state index contributed by atoms with van der Waals surface area (Å²) in [7, 11) is 0. The Morgan fingerprint density at radius 1 is 0.600 bits per heavy atom. The van der Waals surface area contributed by atoms with Gasteiger partial charge in [-0.05, 0) is 92.7 Å². The van der Waals surface area contributed by atoms with Crippen LogP contribution in [0.5, 0.6) is 0 Å². The Balaban J connectivity index is 1.24. The predicted molar refractivity (Wildman–Crippen MR) is 168 cm³/mol. The molecule has 0 atom stereocenters. The van der Waals surface area contributed by atoms with Gasteiger partial charge >= 0.3 is 0 Å². The zero-order chi connectivity index (χ0) is 27.4. The second kappa shape index (κ2) is 9.20. The normalized spacial score (nSPS) is 13.6. The smallest absolute Gasteiger partial charge is 0.147 e. The van der Waals surface area contributed by atoms with Crippen LogP contribution in [-0.2, 0) is 5.41 Å². The maximum absolute atomic E-state index is 15.0. The van der Waals surface area contributed by atoms with E-state index in [0.717, 1.165) is 22.5 Å². The van der Waals surface area contributed by atoms with Crippen molar-refractivity contribution in [3.05, 3.63) is 149 Å². The van der Waals surface area contributed by atoms with E-state index in [1.807, 2.05) is 35.2 Å². The van der Waals surface area contributed by atoms with Gasteiger partial charge in [0, 0.05) is 16.8 Å². The highest BCUT2D eigenvalue weighted by Gasteiger charge is 2.33. The third kappa shape index (κ3) is 3.83. The molecule has 0 spiro atoms. The van der Waals surface area contributed by atoms with Gasteiger partial charge < -0.3 is 4.90 Å². The zero-order valence-electron chi connectivity index (χ0n) is 22.9. The topological polar surface area (TPSA) is 3.24 Å². The molecule has 0 unspecified atom stereocenters. The molecule has 6 aromatic rings. The molecule has 1 nitrogen and oxygen atoms in total. The number of rotatable bonds is 5. The van der Waals surface area contributed by atoms with Crippen molar-refractivity contribution in [3.8, 4) is 0 Å². The van der Waals surface area contributed by atoms with E-state index in [0.29, 0.717) is 5.69 Å². The van der Waals surface area contributed by atoms with Crippen LogP contribution in [0.4, 0.5) is 21.5 Å². The lowest BCUT2D eigenvalue weighted by Crippen LogP contribution is -2.15. The highest BCUT2D eigenvalue weighted by atomic mass is 19.1. The molecule has 0 aliphatic heterocycles. The molecule has 0 amide bonds.